The molecule has 3 heteroatoms. The van der Waals surface area contributed by atoms with Crippen LogP contribution in [-0.2, 0) is 9.53 Å². The smallest absolute Gasteiger partial charge is 0.220 e. The van der Waals surface area contributed by atoms with E-state index in [9.17, 15) is 4.79 Å². The Labute approximate surface area is 78.8 Å². The molecule has 1 aliphatic heterocycles. The predicted molar refractivity (Wildman–Crippen MR) is 49.3 cm³/mol. The van der Waals surface area contributed by atoms with E-state index in [1.54, 1.807) is 0 Å². The van der Waals surface area contributed by atoms with Crippen molar-refractivity contribution in [1.29, 1.82) is 0 Å². The lowest BCUT2D eigenvalue weighted by molar-refractivity contribution is -0.123. The van der Waals surface area contributed by atoms with Crippen LogP contribution < -0.4 is 5.32 Å². The van der Waals surface area contributed by atoms with Gasteiger partial charge in [0.05, 0.1) is 12.6 Å². The monoisotopic (exact) mass is 183 g/mol. The van der Waals surface area contributed by atoms with Crippen LogP contribution in [0, 0.1) is 5.92 Å². The summed E-state index contributed by atoms with van der Waals surface area (Å²) in [5.41, 5.74) is 0. The van der Waals surface area contributed by atoms with Crippen LogP contribution in [-0.4, -0.2) is 25.2 Å². The zero-order valence-corrected chi connectivity index (χ0v) is 7.92. The number of nitrogens with one attached hydrogen (secondary N) is 1. The van der Waals surface area contributed by atoms with Crippen molar-refractivity contribution in [3.05, 3.63) is 0 Å². The molecule has 1 saturated carbocycles. The van der Waals surface area contributed by atoms with Crippen LogP contribution in [0.1, 0.15) is 32.1 Å². The molecule has 0 radical (unpaired) electrons. The van der Waals surface area contributed by atoms with E-state index in [2.05, 4.69) is 5.32 Å². The number of carbonyl (C=O) groups excluding carboxylic acids is 1. The predicted octanol–water partition coefficient (Wildman–Crippen LogP) is 1.08. The molecule has 1 saturated heterocycles. The first-order valence-corrected chi connectivity index (χ1v) is 5.21. The van der Waals surface area contributed by atoms with E-state index in [1.165, 1.54) is 12.8 Å². The third-order valence-corrected chi connectivity index (χ3v) is 2.70. The molecule has 0 spiro atoms. The highest BCUT2D eigenvalue weighted by Gasteiger charge is 2.25. The minimum atomic E-state index is 0.220. The first-order valence-electron chi connectivity index (χ1n) is 5.21. The Morgan fingerprint density at radius 1 is 1.38 bits per heavy atom. The van der Waals surface area contributed by atoms with Crippen LogP contribution in [0.4, 0.5) is 0 Å². The summed E-state index contributed by atoms with van der Waals surface area (Å²) in [7, 11) is 0. The molecule has 2 fully saturated rings. The molecule has 1 atom stereocenters. The van der Waals surface area contributed by atoms with E-state index in [-0.39, 0.29) is 11.9 Å². The zero-order valence-electron chi connectivity index (χ0n) is 7.92. The average molecular weight is 183 g/mol. The minimum absolute atomic E-state index is 0.220. The summed E-state index contributed by atoms with van der Waals surface area (Å²) >= 11 is 0. The summed E-state index contributed by atoms with van der Waals surface area (Å²) < 4.78 is 5.29. The summed E-state index contributed by atoms with van der Waals surface area (Å²) in [5.74, 6) is 0.905. The highest BCUT2D eigenvalue weighted by atomic mass is 16.5. The van der Waals surface area contributed by atoms with Gasteiger partial charge in [0.2, 0.25) is 5.91 Å². The summed E-state index contributed by atoms with van der Waals surface area (Å²) in [6.45, 7) is 1.56. The summed E-state index contributed by atoms with van der Waals surface area (Å²) in [4.78, 5) is 11.4. The second-order valence-electron chi connectivity index (χ2n) is 4.13. The number of amides is 1. The van der Waals surface area contributed by atoms with Crippen LogP contribution in [0.15, 0.2) is 0 Å². The Morgan fingerprint density at radius 3 is 2.85 bits per heavy atom. The largest absolute Gasteiger partial charge is 0.379 e. The van der Waals surface area contributed by atoms with E-state index in [0.717, 1.165) is 25.9 Å². The number of carbonyl (C=O) groups is 1. The van der Waals surface area contributed by atoms with Gasteiger partial charge in [0.1, 0.15) is 0 Å². The van der Waals surface area contributed by atoms with Gasteiger partial charge in [-0.25, -0.2) is 0 Å². The maximum Gasteiger partial charge on any atom is 0.220 e. The van der Waals surface area contributed by atoms with Gasteiger partial charge in [0, 0.05) is 13.0 Å². The molecule has 3 nitrogen and oxygen atoms in total. The Bertz CT molecular complexity index is 183. The van der Waals surface area contributed by atoms with Gasteiger partial charge in [-0.15, -0.1) is 0 Å². The third-order valence-electron chi connectivity index (χ3n) is 2.70. The second-order valence-corrected chi connectivity index (χ2v) is 4.13. The molecular formula is C10H17NO2. The van der Waals surface area contributed by atoms with Crippen molar-refractivity contribution in [2.24, 2.45) is 5.92 Å². The van der Waals surface area contributed by atoms with E-state index >= 15 is 0 Å². The van der Waals surface area contributed by atoms with Gasteiger partial charge in [-0.3, -0.25) is 4.79 Å². The maximum absolute atomic E-state index is 11.4. The van der Waals surface area contributed by atoms with Crippen LogP contribution in [0.2, 0.25) is 0 Å². The first-order chi connectivity index (χ1) is 6.34. The summed E-state index contributed by atoms with van der Waals surface area (Å²) in [5, 5.41) is 3.03. The number of ether oxygens (including phenoxy) is 1. The van der Waals surface area contributed by atoms with Crippen LogP contribution >= 0.6 is 0 Å². The fourth-order valence-electron chi connectivity index (χ4n) is 1.73. The van der Waals surface area contributed by atoms with Gasteiger partial charge >= 0.3 is 0 Å². The van der Waals surface area contributed by atoms with E-state index in [1.807, 2.05) is 0 Å². The highest BCUT2D eigenvalue weighted by Crippen LogP contribution is 2.32. The topological polar surface area (TPSA) is 38.3 Å². The fourth-order valence-corrected chi connectivity index (χ4v) is 1.73. The van der Waals surface area contributed by atoms with Gasteiger partial charge in [-0.05, 0) is 31.6 Å². The lowest BCUT2D eigenvalue weighted by Crippen LogP contribution is -2.40. The van der Waals surface area contributed by atoms with Crippen LogP contribution in [0.25, 0.3) is 0 Å². The van der Waals surface area contributed by atoms with Crippen molar-refractivity contribution in [2.75, 3.05) is 13.2 Å². The molecule has 13 heavy (non-hydrogen) atoms. The minimum Gasteiger partial charge on any atom is -0.379 e. The molecule has 0 bridgehead atoms. The molecule has 74 valence electrons. The van der Waals surface area contributed by atoms with Crippen LogP contribution in [0.3, 0.4) is 0 Å². The van der Waals surface area contributed by atoms with Gasteiger partial charge in [-0.1, -0.05) is 0 Å². The van der Waals surface area contributed by atoms with Crippen molar-refractivity contribution >= 4 is 5.91 Å². The molecule has 1 heterocycles. The van der Waals surface area contributed by atoms with Crippen molar-refractivity contribution in [3.63, 3.8) is 0 Å². The molecule has 1 N–H and O–H groups in total. The maximum atomic E-state index is 11.4. The van der Waals surface area contributed by atoms with E-state index in [4.69, 9.17) is 4.74 Å². The van der Waals surface area contributed by atoms with E-state index in [0.29, 0.717) is 12.5 Å². The standard InChI is InChI=1S/C10H17NO2/c12-10(6-8-3-4-8)11-9-2-1-5-13-7-9/h8-9H,1-7H2,(H,11,12)/t9-/m0/s1. The lowest BCUT2D eigenvalue weighted by atomic mass is 10.1. The van der Waals surface area contributed by atoms with Gasteiger partial charge in [0.15, 0.2) is 0 Å². The van der Waals surface area contributed by atoms with Gasteiger partial charge in [-0.2, -0.15) is 0 Å². The molecular weight excluding hydrogens is 166 g/mol. The average Bonchev–Trinajstić information content (AvgIpc) is 2.90. The Morgan fingerprint density at radius 2 is 2.23 bits per heavy atom. The zero-order chi connectivity index (χ0) is 9.10. The van der Waals surface area contributed by atoms with Crippen LogP contribution in [0.5, 0.6) is 0 Å². The number of hydrogen-bond acceptors (Lipinski definition) is 2. The molecule has 0 aromatic rings. The molecule has 0 unspecified atom stereocenters. The van der Waals surface area contributed by atoms with Crippen molar-refractivity contribution < 1.29 is 9.53 Å². The second kappa shape index (κ2) is 4.09. The van der Waals surface area contributed by atoms with Crippen molar-refractivity contribution in [1.82, 2.24) is 5.32 Å². The summed E-state index contributed by atoms with van der Waals surface area (Å²) in [6, 6.07) is 0.278. The summed E-state index contributed by atoms with van der Waals surface area (Å²) in [6.07, 6.45) is 5.38. The third kappa shape index (κ3) is 2.99. The number of hydrogen-bond donors (Lipinski definition) is 1. The molecule has 0 aromatic carbocycles. The molecule has 1 aliphatic carbocycles. The van der Waals surface area contributed by atoms with Gasteiger partial charge in [0.25, 0.3) is 0 Å². The molecule has 0 aromatic heterocycles. The highest BCUT2D eigenvalue weighted by molar-refractivity contribution is 5.76. The quantitative estimate of drug-likeness (QED) is 0.711. The number of rotatable bonds is 3. The molecule has 1 amide bonds. The van der Waals surface area contributed by atoms with Gasteiger partial charge < -0.3 is 10.1 Å². The van der Waals surface area contributed by atoms with Crippen molar-refractivity contribution in [3.8, 4) is 0 Å². The first kappa shape index (κ1) is 9.00. The normalized spacial score (nSPS) is 28.5. The Balaban J connectivity index is 1.66. The molecule has 2 aliphatic rings. The van der Waals surface area contributed by atoms with Crippen molar-refractivity contribution in [2.45, 2.75) is 38.1 Å². The van der Waals surface area contributed by atoms with E-state index < -0.39 is 0 Å². The fraction of sp³-hybridized carbons (Fsp3) is 0.900. The Hall–Kier alpha value is -0.570. The Kier molecular flexibility index (Phi) is 2.83. The lowest BCUT2D eigenvalue weighted by Gasteiger charge is -2.23. The SMILES string of the molecule is O=C(CC1CC1)N[C@H]1CCCOC1. The molecule has 2 rings (SSSR count).